The maximum absolute atomic E-state index is 3.94. The highest BCUT2D eigenvalue weighted by Crippen LogP contribution is 2.04. The first-order valence-corrected chi connectivity index (χ1v) is 3.86. The molecule has 0 aromatic heterocycles. The summed E-state index contributed by atoms with van der Waals surface area (Å²) in [5.74, 6) is 0. The van der Waals surface area contributed by atoms with Crippen LogP contribution in [0.25, 0.3) is 0 Å². The standard InChI is InChI=1S/C11H15N/c1-5-8-11(9-12-7-3)10(4)6-2/h5-9H,2-3H2,1,4H3/b8-5-,11-10+,12-9?. The van der Waals surface area contributed by atoms with E-state index in [0.717, 1.165) is 11.1 Å². The molecule has 64 valence electrons. The Morgan fingerprint density at radius 3 is 2.42 bits per heavy atom. The predicted octanol–water partition coefficient (Wildman–Crippen LogP) is 3.28. The number of hydrogen-bond donors (Lipinski definition) is 0. The molecule has 0 N–H and O–H groups in total. The van der Waals surface area contributed by atoms with Gasteiger partial charge < -0.3 is 0 Å². The van der Waals surface area contributed by atoms with Crippen LogP contribution in [0.1, 0.15) is 13.8 Å². The molecule has 1 nitrogen and oxygen atoms in total. The lowest BCUT2D eigenvalue weighted by molar-refractivity contribution is 1.47. The average Bonchev–Trinajstić information content (AvgIpc) is 2.11. The third kappa shape index (κ3) is 3.71. The van der Waals surface area contributed by atoms with Crippen LogP contribution in [0.4, 0.5) is 0 Å². The van der Waals surface area contributed by atoms with E-state index in [0.29, 0.717) is 0 Å². The Bertz CT molecular complexity index is 242. The fourth-order valence-corrected chi connectivity index (χ4v) is 0.707. The minimum Gasteiger partial charge on any atom is -0.265 e. The largest absolute Gasteiger partial charge is 0.265 e. The minimum atomic E-state index is 1.06. The molecule has 0 saturated heterocycles. The van der Waals surface area contributed by atoms with Gasteiger partial charge in [-0.2, -0.15) is 0 Å². The van der Waals surface area contributed by atoms with E-state index in [9.17, 15) is 0 Å². The fraction of sp³-hybridized carbons (Fsp3) is 0.182. The van der Waals surface area contributed by atoms with Crippen molar-refractivity contribution in [3.05, 3.63) is 48.7 Å². The van der Waals surface area contributed by atoms with Crippen LogP contribution in [0.2, 0.25) is 0 Å². The van der Waals surface area contributed by atoms with Crippen LogP contribution in [0.5, 0.6) is 0 Å². The summed E-state index contributed by atoms with van der Waals surface area (Å²) < 4.78 is 0. The van der Waals surface area contributed by atoms with Gasteiger partial charge in [-0.25, -0.2) is 0 Å². The fourth-order valence-electron chi connectivity index (χ4n) is 0.707. The van der Waals surface area contributed by atoms with Crippen LogP contribution in [-0.2, 0) is 0 Å². The smallest absolute Gasteiger partial charge is 0.0342 e. The Balaban J connectivity index is 4.76. The molecule has 0 heterocycles. The number of rotatable bonds is 4. The number of allylic oxidation sites excluding steroid dienone is 5. The molecule has 0 bridgehead atoms. The molecule has 0 aliphatic rings. The predicted molar refractivity (Wildman–Crippen MR) is 56.4 cm³/mol. The van der Waals surface area contributed by atoms with E-state index < -0.39 is 0 Å². The van der Waals surface area contributed by atoms with Crippen molar-refractivity contribution in [1.29, 1.82) is 0 Å². The number of hydrogen-bond acceptors (Lipinski definition) is 1. The first-order valence-electron chi connectivity index (χ1n) is 3.86. The molecule has 0 saturated carbocycles. The second kappa shape index (κ2) is 6.35. The third-order valence-electron chi connectivity index (χ3n) is 1.43. The average molecular weight is 161 g/mol. The molecule has 0 aliphatic carbocycles. The normalized spacial score (nSPS) is 13.5. The highest BCUT2D eigenvalue weighted by molar-refractivity contribution is 5.84. The van der Waals surface area contributed by atoms with Gasteiger partial charge in [0, 0.05) is 12.4 Å². The topological polar surface area (TPSA) is 12.4 Å². The van der Waals surface area contributed by atoms with Gasteiger partial charge in [-0.15, -0.1) is 0 Å². The molecule has 0 aromatic carbocycles. The van der Waals surface area contributed by atoms with Gasteiger partial charge in [-0.3, -0.25) is 4.99 Å². The summed E-state index contributed by atoms with van der Waals surface area (Å²) in [6.07, 6.45) is 9.05. The molecular formula is C11H15N. The second-order valence-electron chi connectivity index (χ2n) is 2.30. The van der Waals surface area contributed by atoms with Crippen molar-refractivity contribution in [3.63, 3.8) is 0 Å². The van der Waals surface area contributed by atoms with Gasteiger partial charge in [0.25, 0.3) is 0 Å². The van der Waals surface area contributed by atoms with Gasteiger partial charge in [0.15, 0.2) is 0 Å². The SMILES string of the molecule is C=CN=CC(/C=C\C)=C(\C)C=C. The van der Waals surface area contributed by atoms with Crippen molar-refractivity contribution in [2.45, 2.75) is 13.8 Å². The first kappa shape index (κ1) is 10.6. The Morgan fingerprint density at radius 2 is 2.00 bits per heavy atom. The lowest BCUT2D eigenvalue weighted by Crippen LogP contribution is -1.83. The summed E-state index contributed by atoms with van der Waals surface area (Å²) >= 11 is 0. The molecule has 0 rings (SSSR count). The van der Waals surface area contributed by atoms with Crippen molar-refractivity contribution in [2.75, 3.05) is 0 Å². The zero-order valence-electron chi connectivity index (χ0n) is 7.75. The number of aliphatic imine (C=N–C) groups is 1. The van der Waals surface area contributed by atoms with Crippen LogP contribution in [0, 0.1) is 0 Å². The monoisotopic (exact) mass is 161 g/mol. The van der Waals surface area contributed by atoms with Crippen molar-refractivity contribution in [3.8, 4) is 0 Å². The Labute approximate surface area is 74.5 Å². The molecule has 0 fully saturated rings. The van der Waals surface area contributed by atoms with Crippen LogP contribution < -0.4 is 0 Å². The Kier molecular flexibility index (Phi) is 5.62. The van der Waals surface area contributed by atoms with E-state index in [4.69, 9.17) is 0 Å². The molecule has 0 unspecified atom stereocenters. The first-order chi connectivity index (χ1) is 5.76. The summed E-state index contributed by atoms with van der Waals surface area (Å²) in [4.78, 5) is 3.94. The van der Waals surface area contributed by atoms with E-state index in [1.807, 2.05) is 32.1 Å². The zero-order valence-corrected chi connectivity index (χ0v) is 7.75. The van der Waals surface area contributed by atoms with Gasteiger partial charge in [-0.1, -0.05) is 31.4 Å². The van der Waals surface area contributed by atoms with E-state index in [1.165, 1.54) is 6.20 Å². The summed E-state index contributed by atoms with van der Waals surface area (Å²) in [6, 6.07) is 0. The van der Waals surface area contributed by atoms with E-state index >= 15 is 0 Å². The van der Waals surface area contributed by atoms with Crippen molar-refractivity contribution >= 4 is 6.21 Å². The molecule has 0 radical (unpaired) electrons. The molecule has 0 aliphatic heterocycles. The molecular weight excluding hydrogens is 146 g/mol. The van der Waals surface area contributed by atoms with Gasteiger partial charge in [0.05, 0.1) is 0 Å². The van der Waals surface area contributed by atoms with Crippen LogP contribution in [-0.4, -0.2) is 6.21 Å². The molecule has 1 heteroatoms. The lowest BCUT2D eigenvalue weighted by Gasteiger charge is -1.95. The number of nitrogens with zero attached hydrogens (tertiary/aromatic N) is 1. The Morgan fingerprint density at radius 1 is 1.33 bits per heavy atom. The van der Waals surface area contributed by atoms with Crippen LogP contribution >= 0.6 is 0 Å². The van der Waals surface area contributed by atoms with E-state index in [-0.39, 0.29) is 0 Å². The minimum absolute atomic E-state index is 1.06. The Hall–Kier alpha value is -1.37. The highest BCUT2D eigenvalue weighted by atomic mass is 14.7. The summed E-state index contributed by atoms with van der Waals surface area (Å²) in [6.45, 7) is 11.2. The van der Waals surface area contributed by atoms with Gasteiger partial charge >= 0.3 is 0 Å². The second-order valence-corrected chi connectivity index (χ2v) is 2.30. The summed E-state index contributed by atoms with van der Waals surface area (Å²) in [7, 11) is 0. The van der Waals surface area contributed by atoms with Crippen LogP contribution in [0.15, 0.2) is 53.7 Å². The maximum atomic E-state index is 3.94. The summed E-state index contributed by atoms with van der Waals surface area (Å²) in [5, 5.41) is 0. The van der Waals surface area contributed by atoms with Crippen molar-refractivity contribution < 1.29 is 0 Å². The van der Waals surface area contributed by atoms with Crippen molar-refractivity contribution in [2.24, 2.45) is 4.99 Å². The highest BCUT2D eigenvalue weighted by Gasteiger charge is 1.89. The lowest BCUT2D eigenvalue weighted by atomic mass is 10.1. The molecule has 0 aromatic rings. The zero-order chi connectivity index (χ0) is 9.40. The summed E-state index contributed by atoms with van der Waals surface area (Å²) in [5.41, 5.74) is 2.17. The van der Waals surface area contributed by atoms with E-state index in [1.54, 1.807) is 6.21 Å². The van der Waals surface area contributed by atoms with Gasteiger partial charge in [0.2, 0.25) is 0 Å². The molecule has 12 heavy (non-hydrogen) atoms. The van der Waals surface area contributed by atoms with E-state index in [2.05, 4.69) is 18.2 Å². The third-order valence-corrected chi connectivity index (χ3v) is 1.43. The van der Waals surface area contributed by atoms with Crippen molar-refractivity contribution in [1.82, 2.24) is 0 Å². The van der Waals surface area contributed by atoms with Gasteiger partial charge in [0.1, 0.15) is 0 Å². The van der Waals surface area contributed by atoms with Gasteiger partial charge in [-0.05, 0) is 25.0 Å². The quantitative estimate of drug-likeness (QED) is 0.443. The van der Waals surface area contributed by atoms with Crippen LogP contribution in [0.3, 0.4) is 0 Å². The molecule has 0 amide bonds. The molecule has 0 atom stereocenters. The maximum Gasteiger partial charge on any atom is 0.0342 e. The molecule has 0 spiro atoms.